The van der Waals surface area contributed by atoms with Gasteiger partial charge in [0.15, 0.2) is 11.5 Å². The molecule has 29 heavy (non-hydrogen) atoms. The lowest BCUT2D eigenvalue weighted by molar-refractivity contribution is -0.145. The van der Waals surface area contributed by atoms with E-state index >= 15 is 0 Å². The molecule has 8 nitrogen and oxygen atoms in total. The second-order valence-corrected chi connectivity index (χ2v) is 6.01. The van der Waals surface area contributed by atoms with Crippen LogP contribution in [0.15, 0.2) is 47.0 Å². The number of rotatable bonds is 8. The van der Waals surface area contributed by atoms with Crippen LogP contribution >= 0.6 is 0 Å². The van der Waals surface area contributed by atoms with Gasteiger partial charge in [0.05, 0.1) is 32.3 Å². The standard InChI is InChI=1S/C21H19N3O5/c1-26-17-8-7-14(11-18(17)27-2)21-23-19(29-24-21)9-10-20(25)28-13-16-6-4-3-5-15(16)12-22/h3-8,11H,9-10,13H2,1-2H3. The highest BCUT2D eigenvalue weighted by atomic mass is 16.5. The van der Waals surface area contributed by atoms with E-state index < -0.39 is 5.97 Å². The summed E-state index contributed by atoms with van der Waals surface area (Å²) in [4.78, 5) is 16.3. The fourth-order valence-corrected chi connectivity index (χ4v) is 2.64. The van der Waals surface area contributed by atoms with Gasteiger partial charge in [-0.25, -0.2) is 0 Å². The Hall–Kier alpha value is -3.86. The van der Waals surface area contributed by atoms with Crippen LogP contribution in [0.4, 0.5) is 0 Å². The van der Waals surface area contributed by atoms with Crippen LogP contribution in [0.1, 0.15) is 23.4 Å². The van der Waals surface area contributed by atoms with E-state index in [-0.39, 0.29) is 19.4 Å². The summed E-state index contributed by atoms with van der Waals surface area (Å²) in [6.45, 7) is 0.0449. The number of carbonyl (C=O) groups excluding carboxylic acids is 1. The molecule has 1 heterocycles. The van der Waals surface area contributed by atoms with Crippen molar-refractivity contribution in [2.45, 2.75) is 19.4 Å². The van der Waals surface area contributed by atoms with Gasteiger partial charge in [-0.2, -0.15) is 10.2 Å². The Kier molecular flexibility index (Phi) is 6.43. The van der Waals surface area contributed by atoms with E-state index in [1.807, 2.05) is 0 Å². The normalized spacial score (nSPS) is 10.2. The molecule has 148 valence electrons. The SMILES string of the molecule is COc1ccc(-c2noc(CCC(=O)OCc3ccccc3C#N)n2)cc1OC. The third kappa shape index (κ3) is 4.90. The lowest BCUT2D eigenvalue weighted by Crippen LogP contribution is -2.07. The van der Waals surface area contributed by atoms with Gasteiger partial charge in [0, 0.05) is 17.5 Å². The van der Waals surface area contributed by atoms with E-state index in [0.717, 1.165) is 0 Å². The van der Waals surface area contributed by atoms with E-state index in [9.17, 15) is 4.79 Å². The predicted octanol–water partition coefficient (Wildman–Crippen LogP) is 3.30. The summed E-state index contributed by atoms with van der Waals surface area (Å²) in [6.07, 6.45) is 0.335. The van der Waals surface area contributed by atoms with Gasteiger partial charge in [-0.3, -0.25) is 4.79 Å². The van der Waals surface area contributed by atoms with Gasteiger partial charge in [0.1, 0.15) is 6.61 Å². The van der Waals surface area contributed by atoms with Crippen molar-refractivity contribution in [3.63, 3.8) is 0 Å². The summed E-state index contributed by atoms with van der Waals surface area (Å²) in [5.41, 5.74) is 1.85. The van der Waals surface area contributed by atoms with Gasteiger partial charge >= 0.3 is 5.97 Å². The van der Waals surface area contributed by atoms with Crippen LogP contribution in [-0.4, -0.2) is 30.3 Å². The molecule has 0 saturated heterocycles. The first-order valence-electron chi connectivity index (χ1n) is 8.83. The van der Waals surface area contributed by atoms with E-state index in [1.165, 1.54) is 0 Å². The van der Waals surface area contributed by atoms with Crippen LogP contribution < -0.4 is 9.47 Å². The summed E-state index contributed by atoms with van der Waals surface area (Å²) >= 11 is 0. The van der Waals surface area contributed by atoms with Gasteiger partial charge in [0.2, 0.25) is 11.7 Å². The molecule has 0 fully saturated rings. The molecular formula is C21H19N3O5. The van der Waals surface area contributed by atoms with Gasteiger partial charge in [-0.15, -0.1) is 0 Å². The maximum absolute atomic E-state index is 12.0. The molecule has 0 bridgehead atoms. The van der Waals surface area contributed by atoms with Gasteiger partial charge < -0.3 is 18.7 Å². The monoisotopic (exact) mass is 393 g/mol. The molecule has 3 aromatic rings. The van der Waals surface area contributed by atoms with Gasteiger partial charge in [-0.1, -0.05) is 23.4 Å². The fourth-order valence-electron chi connectivity index (χ4n) is 2.64. The van der Waals surface area contributed by atoms with Crippen LogP contribution in [0.2, 0.25) is 0 Å². The molecular weight excluding hydrogens is 374 g/mol. The number of methoxy groups -OCH3 is 2. The number of aryl methyl sites for hydroxylation is 1. The van der Waals surface area contributed by atoms with E-state index in [4.69, 9.17) is 24.0 Å². The zero-order valence-corrected chi connectivity index (χ0v) is 16.0. The smallest absolute Gasteiger partial charge is 0.306 e. The Labute approximate surface area is 167 Å². The zero-order valence-electron chi connectivity index (χ0n) is 16.0. The molecule has 0 N–H and O–H groups in total. The summed E-state index contributed by atoms with van der Waals surface area (Å²) in [5, 5.41) is 13.0. The van der Waals surface area contributed by atoms with Crippen molar-refractivity contribution in [3.8, 4) is 29.0 Å². The van der Waals surface area contributed by atoms with Crippen LogP contribution in [-0.2, 0) is 22.6 Å². The average molecular weight is 393 g/mol. The first-order valence-corrected chi connectivity index (χ1v) is 8.83. The molecule has 0 atom stereocenters. The first-order chi connectivity index (χ1) is 14.1. The van der Waals surface area contributed by atoms with Gasteiger partial charge in [-0.05, 0) is 24.3 Å². The van der Waals surface area contributed by atoms with Crippen LogP contribution in [0.5, 0.6) is 11.5 Å². The van der Waals surface area contributed by atoms with E-state index in [2.05, 4.69) is 16.2 Å². The van der Waals surface area contributed by atoms with Crippen molar-refractivity contribution >= 4 is 5.97 Å². The highest BCUT2D eigenvalue weighted by Gasteiger charge is 2.14. The number of esters is 1. The lowest BCUT2D eigenvalue weighted by atomic mass is 10.1. The van der Waals surface area contributed by atoms with Crippen molar-refractivity contribution in [1.29, 1.82) is 5.26 Å². The van der Waals surface area contributed by atoms with E-state index in [1.54, 1.807) is 56.7 Å². The number of hydrogen-bond donors (Lipinski definition) is 0. The summed E-state index contributed by atoms with van der Waals surface area (Å²) in [7, 11) is 3.10. The van der Waals surface area contributed by atoms with Crippen molar-refractivity contribution in [3.05, 3.63) is 59.5 Å². The number of aromatic nitrogens is 2. The largest absolute Gasteiger partial charge is 0.493 e. The topological polar surface area (TPSA) is 107 Å². The van der Waals surface area contributed by atoms with E-state index in [0.29, 0.717) is 39.9 Å². The number of carbonyl (C=O) groups is 1. The third-order valence-electron chi connectivity index (χ3n) is 4.18. The van der Waals surface area contributed by atoms with Crippen LogP contribution in [0, 0.1) is 11.3 Å². The Balaban J connectivity index is 1.56. The Morgan fingerprint density at radius 2 is 1.93 bits per heavy atom. The molecule has 0 unspecified atom stereocenters. The number of hydrogen-bond acceptors (Lipinski definition) is 8. The molecule has 0 saturated carbocycles. The molecule has 1 aromatic heterocycles. The minimum absolute atomic E-state index is 0.0449. The molecule has 0 radical (unpaired) electrons. The minimum Gasteiger partial charge on any atom is -0.493 e. The second-order valence-electron chi connectivity index (χ2n) is 6.01. The maximum Gasteiger partial charge on any atom is 0.306 e. The molecule has 0 aliphatic heterocycles. The molecule has 3 rings (SSSR count). The summed E-state index contributed by atoms with van der Waals surface area (Å²) < 4.78 is 20.9. The molecule has 0 spiro atoms. The average Bonchev–Trinajstić information content (AvgIpc) is 3.25. The molecule has 0 aliphatic rings. The molecule has 0 amide bonds. The number of benzene rings is 2. The maximum atomic E-state index is 12.0. The third-order valence-corrected chi connectivity index (χ3v) is 4.18. The van der Waals surface area contributed by atoms with Crippen molar-refractivity contribution < 1.29 is 23.5 Å². The Morgan fingerprint density at radius 1 is 1.14 bits per heavy atom. The zero-order chi connectivity index (χ0) is 20.6. The van der Waals surface area contributed by atoms with Crippen LogP contribution in [0.3, 0.4) is 0 Å². The second kappa shape index (κ2) is 9.37. The predicted molar refractivity (Wildman–Crippen MR) is 102 cm³/mol. The number of nitrogens with zero attached hydrogens (tertiary/aromatic N) is 3. The van der Waals surface area contributed by atoms with Crippen molar-refractivity contribution in [1.82, 2.24) is 10.1 Å². The quantitative estimate of drug-likeness (QED) is 0.537. The molecule has 8 heteroatoms. The van der Waals surface area contributed by atoms with Crippen molar-refractivity contribution in [2.24, 2.45) is 0 Å². The first kappa shape index (κ1) is 19.9. The Morgan fingerprint density at radius 3 is 2.69 bits per heavy atom. The number of ether oxygens (including phenoxy) is 3. The highest BCUT2D eigenvalue weighted by molar-refractivity contribution is 5.69. The van der Waals surface area contributed by atoms with Crippen LogP contribution in [0.25, 0.3) is 11.4 Å². The summed E-state index contributed by atoms with van der Waals surface area (Å²) in [6, 6.07) is 14.3. The Bertz CT molecular complexity index is 1040. The molecule has 2 aromatic carbocycles. The van der Waals surface area contributed by atoms with Crippen molar-refractivity contribution in [2.75, 3.05) is 14.2 Å². The highest BCUT2D eigenvalue weighted by Crippen LogP contribution is 2.31. The fraction of sp³-hybridized carbons (Fsp3) is 0.238. The summed E-state index contributed by atoms with van der Waals surface area (Å²) in [5.74, 6) is 1.45. The van der Waals surface area contributed by atoms with Gasteiger partial charge in [0.25, 0.3) is 0 Å². The lowest BCUT2D eigenvalue weighted by Gasteiger charge is -2.07. The molecule has 0 aliphatic carbocycles. The number of nitriles is 1. The minimum atomic E-state index is -0.413.